The molecule has 5 rings (SSSR count). The van der Waals surface area contributed by atoms with Crippen molar-refractivity contribution in [2.24, 2.45) is 0 Å². The monoisotopic (exact) mass is 458 g/mol. The third kappa shape index (κ3) is 3.72. The van der Waals surface area contributed by atoms with Crippen LogP contribution in [0.15, 0.2) is 40.9 Å². The van der Waals surface area contributed by atoms with Gasteiger partial charge < -0.3 is 19.3 Å². The first-order valence-corrected chi connectivity index (χ1v) is 11.5. The van der Waals surface area contributed by atoms with Crippen LogP contribution in [0, 0.1) is 6.57 Å². The Bertz CT molecular complexity index is 1290. The van der Waals surface area contributed by atoms with Crippen LogP contribution in [-0.2, 0) is 16.6 Å². The average Bonchev–Trinajstić information content (AvgIpc) is 3.52. The predicted molar refractivity (Wildman–Crippen MR) is 125 cm³/mol. The summed E-state index contributed by atoms with van der Waals surface area (Å²) < 4.78 is 11.3. The van der Waals surface area contributed by atoms with Gasteiger partial charge in [0.2, 0.25) is 23.3 Å². The van der Waals surface area contributed by atoms with E-state index in [0.29, 0.717) is 42.3 Å². The van der Waals surface area contributed by atoms with Gasteiger partial charge in [0, 0.05) is 36.1 Å². The molecule has 0 unspecified atom stereocenters. The first-order valence-electron chi connectivity index (χ1n) is 11.5. The van der Waals surface area contributed by atoms with Gasteiger partial charge in [0.1, 0.15) is 5.75 Å². The van der Waals surface area contributed by atoms with E-state index >= 15 is 0 Å². The molecule has 0 bridgehead atoms. The van der Waals surface area contributed by atoms with E-state index < -0.39 is 0 Å². The summed E-state index contributed by atoms with van der Waals surface area (Å²) in [5, 5.41) is 13.5. The molecule has 8 nitrogen and oxygen atoms in total. The Morgan fingerprint density at radius 2 is 2.15 bits per heavy atom. The zero-order valence-corrected chi connectivity index (χ0v) is 19.2. The van der Waals surface area contributed by atoms with Gasteiger partial charge in [-0.25, -0.2) is 4.85 Å². The van der Waals surface area contributed by atoms with Crippen molar-refractivity contribution in [2.75, 3.05) is 19.7 Å². The Labute approximate surface area is 198 Å². The fourth-order valence-electron chi connectivity index (χ4n) is 5.22. The molecule has 1 aliphatic carbocycles. The summed E-state index contributed by atoms with van der Waals surface area (Å²) in [5.74, 6) is 1.47. The molecule has 8 heteroatoms. The maximum absolute atomic E-state index is 12.5. The van der Waals surface area contributed by atoms with Gasteiger partial charge in [0.25, 0.3) is 0 Å². The number of fused-ring (bicyclic) bond motifs is 2. The minimum absolute atomic E-state index is 0.00814. The standard InChI is InChI=1S/C26H26N4O4/c1-16(2)33-17-7-8-20(22(13-17)27-3)25-28-24(29-34-25)19-5-4-6-21-18(19)9-10-26(21)14-23(32)30(15-26)11-12-31/h4-8,13,16,31H,9-12,14-15H2,1-2H3/t26-/m1/s1. The average molecular weight is 459 g/mol. The lowest BCUT2D eigenvalue weighted by Crippen LogP contribution is -2.32. The highest BCUT2D eigenvalue weighted by Crippen LogP contribution is 2.48. The molecule has 1 fully saturated rings. The maximum atomic E-state index is 12.5. The second-order valence-corrected chi connectivity index (χ2v) is 9.21. The second kappa shape index (κ2) is 8.58. The summed E-state index contributed by atoms with van der Waals surface area (Å²) in [6, 6.07) is 11.3. The van der Waals surface area contributed by atoms with Crippen molar-refractivity contribution < 1.29 is 19.2 Å². The van der Waals surface area contributed by atoms with Crippen molar-refractivity contribution in [1.82, 2.24) is 15.0 Å². The highest BCUT2D eigenvalue weighted by Gasteiger charge is 2.48. The zero-order chi connectivity index (χ0) is 23.9. The number of likely N-dealkylation sites (tertiary alicyclic amines) is 1. The molecule has 1 spiro atoms. The quantitative estimate of drug-likeness (QED) is 0.558. The number of amides is 1. The molecule has 1 N–H and O–H groups in total. The Morgan fingerprint density at radius 1 is 1.29 bits per heavy atom. The van der Waals surface area contributed by atoms with Crippen LogP contribution in [-0.4, -0.2) is 51.9 Å². The van der Waals surface area contributed by atoms with Crippen molar-refractivity contribution in [3.8, 4) is 28.6 Å². The van der Waals surface area contributed by atoms with Crippen molar-refractivity contribution >= 4 is 11.6 Å². The lowest BCUT2D eigenvalue weighted by molar-refractivity contribution is -0.128. The normalized spacial score (nSPS) is 19.1. The number of β-amino-alcohol motifs (C(OH)–C–C–N with tert-alkyl or cyclic N) is 1. The van der Waals surface area contributed by atoms with Crippen LogP contribution in [0.5, 0.6) is 5.75 Å². The first-order chi connectivity index (χ1) is 16.4. The minimum atomic E-state index is -0.228. The van der Waals surface area contributed by atoms with Crippen LogP contribution in [0.2, 0.25) is 0 Å². The van der Waals surface area contributed by atoms with Crippen molar-refractivity contribution in [2.45, 2.75) is 44.6 Å². The van der Waals surface area contributed by atoms with Gasteiger partial charge in [-0.1, -0.05) is 29.4 Å². The van der Waals surface area contributed by atoms with E-state index in [-0.39, 0.29) is 29.9 Å². The van der Waals surface area contributed by atoms with Gasteiger partial charge in [-0.15, -0.1) is 0 Å². The van der Waals surface area contributed by atoms with Gasteiger partial charge in [-0.3, -0.25) is 4.79 Å². The summed E-state index contributed by atoms with van der Waals surface area (Å²) in [5.41, 5.74) is 3.91. The van der Waals surface area contributed by atoms with Crippen molar-refractivity contribution in [3.63, 3.8) is 0 Å². The molecule has 0 radical (unpaired) electrons. The third-order valence-electron chi connectivity index (χ3n) is 6.67. The number of benzene rings is 2. The molecule has 1 atom stereocenters. The molecule has 1 amide bonds. The smallest absolute Gasteiger partial charge is 0.247 e. The van der Waals surface area contributed by atoms with Crippen LogP contribution in [0.1, 0.15) is 37.8 Å². The van der Waals surface area contributed by atoms with Gasteiger partial charge in [0.15, 0.2) is 0 Å². The fourth-order valence-corrected chi connectivity index (χ4v) is 5.22. The van der Waals surface area contributed by atoms with Gasteiger partial charge in [-0.05, 0) is 49.9 Å². The Kier molecular flexibility index (Phi) is 5.58. The number of aromatic nitrogens is 2. The lowest BCUT2D eigenvalue weighted by Gasteiger charge is -2.24. The molecule has 1 aliphatic heterocycles. The number of aliphatic hydroxyl groups is 1. The SMILES string of the molecule is [C-]#[N+]c1cc(OC(C)C)ccc1-c1nc(-c2cccc3c2CC[C@]32CC(=O)N(CCO)C2)no1. The Hall–Kier alpha value is -3.70. The maximum Gasteiger partial charge on any atom is 0.247 e. The highest BCUT2D eigenvalue weighted by molar-refractivity contribution is 5.82. The predicted octanol–water partition coefficient (Wildman–Crippen LogP) is 4.15. The van der Waals surface area contributed by atoms with E-state index in [9.17, 15) is 9.90 Å². The molecule has 2 aromatic carbocycles. The summed E-state index contributed by atoms with van der Waals surface area (Å²) in [6.45, 7) is 12.4. The number of ether oxygens (including phenoxy) is 1. The van der Waals surface area contributed by atoms with Crippen LogP contribution in [0.25, 0.3) is 27.7 Å². The molecule has 3 aromatic rings. The van der Waals surface area contributed by atoms with E-state index in [1.165, 1.54) is 0 Å². The summed E-state index contributed by atoms with van der Waals surface area (Å²) in [6.07, 6.45) is 2.16. The van der Waals surface area contributed by atoms with Crippen LogP contribution < -0.4 is 4.74 Å². The number of hydrogen-bond acceptors (Lipinski definition) is 6. The van der Waals surface area contributed by atoms with E-state index in [1.54, 1.807) is 23.1 Å². The first kappa shape index (κ1) is 22.1. The summed E-state index contributed by atoms with van der Waals surface area (Å²) >= 11 is 0. The number of carbonyl (C=O) groups excluding carboxylic acids is 1. The number of hydrogen-bond donors (Lipinski definition) is 1. The minimum Gasteiger partial charge on any atom is -0.492 e. The third-order valence-corrected chi connectivity index (χ3v) is 6.67. The van der Waals surface area contributed by atoms with Crippen LogP contribution >= 0.6 is 0 Å². The van der Waals surface area contributed by atoms with E-state index in [2.05, 4.69) is 21.1 Å². The van der Waals surface area contributed by atoms with Crippen molar-refractivity contribution in [3.05, 3.63) is 58.9 Å². The van der Waals surface area contributed by atoms with Crippen LogP contribution in [0.4, 0.5) is 5.69 Å². The molecule has 174 valence electrons. The molecular weight excluding hydrogens is 432 g/mol. The largest absolute Gasteiger partial charge is 0.492 e. The number of carbonyl (C=O) groups is 1. The topological polar surface area (TPSA) is 93.0 Å². The Morgan fingerprint density at radius 3 is 2.91 bits per heavy atom. The number of rotatable bonds is 6. The van der Waals surface area contributed by atoms with Crippen molar-refractivity contribution in [1.29, 1.82) is 0 Å². The lowest BCUT2D eigenvalue weighted by atomic mass is 9.80. The number of nitrogens with zero attached hydrogens (tertiary/aromatic N) is 4. The van der Waals surface area contributed by atoms with E-state index in [1.807, 2.05) is 26.0 Å². The number of aliphatic hydroxyl groups excluding tert-OH is 1. The molecular formula is C26H26N4O4. The summed E-state index contributed by atoms with van der Waals surface area (Å²) in [7, 11) is 0. The van der Waals surface area contributed by atoms with Gasteiger partial charge in [-0.2, -0.15) is 4.98 Å². The molecule has 1 aromatic heterocycles. The molecule has 0 saturated carbocycles. The van der Waals surface area contributed by atoms with E-state index in [4.69, 9.17) is 15.8 Å². The summed E-state index contributed by atoms with van der Waals surface area (Å²) in [4.78, 5) is 22.5. The van der Waals surface area contributed by atoms with Crippen LogP contribution in [0.3, 0.4) is 0 Å². The van der Waals surface area contributed by atoms with Gasteiger partial charge >= 0.3 is 0 Å². The molecule has 2 aliphatic rings. The molecule has 2 heterocycles. The Balaban J connectivity index is 1.48. The van der Waals surface area contributed by atoms with Gasteiger partial charge in [0.05, 0.1) is 19.3 Å². The highest BCUT2D eigenvalue weighted by atomic mass is 16.5. The zero-order valence-electron chi connectivity index (χ0n) is 19.2. The van der Waals surface area contributed by atoms with E-state index in [0.717, 1.165) is 29.5 Å². The second-order valence-electron chi connectivity index (χ2n) is 9.21. The fraction of sp³-hybridized carbons (Fsp3) is 0.385. The molecule has 34 heavy (non-hydrogen) atoms. The molecule has 1 saturated heterocycles.